The van der Waals surface area contributed by atoms with E-state index in [1.807, 2.05) is 83.4 Å². The molecule has 2 aromatic heterocycles. The van der Waals surface area contributed by atoms with Crippen LogP contribution in [0.3, 0.4) is 0 Å². The normalized spacial score (nSPS) is 15.1. The van der Waals surface area contributed by atoms with E-state index >= 15 is 0 Å². The fraction of sp³-hybridized carbons (Fsp3) is 0.172. The van der Waals surface area contributed by atoms with Crippen molar-refractivity contribution in [3.63, 3.8) is 0 Å². The second-order valence-electron chi connectivity index (χ2n) is 8.93. The summed E-state index contributed by atoms with van der Waals surface area (Å²) in [5, 5.41) is 15.3. The van der Waals surface area contributed by atoms with Crippen LogP contribution in [-0.4, -0.2) is 45.6 Å². The van der Waals surface area contributed by atoms with Crippen molar-refractivity contribution >= 4 is 22.5 Å². The monoisotopic (exact) mass is 507 g/mol. The molecule has 38 heavy (non-hydrogen) atoms. The van der Waals surface area contributed by atoms with E-state index in [4.69, 9.17) is 19.0 Å². The van der Waals surface area contributed by atoms with E-state index in [9.17, 15) is 4.79 Å². The Kier molecular flexibility index (Phi) is 6.09. The maximum atomic E-state index is 13.9. The van der Waals surface area contributed by atoms with E-state index in [-0.39, 0.29) is 18.5 Å². The summed E-state index contributed by atoms with van der Waals surface area (Å²) in [6.45, 7) is 0.0529. The van der Waals surface area contributed by atoms with Crippen LogP contribution in [0.1, 0.15) is 23.6 Å². The standard InChI is InChI=1S/C29H25N5O4/c1-36-22-11-7-19(8-12-22)24-16-26(20-9-13-23(37-2)14-10-20)34(32-24)28(35)17-33-25-6-4-3-5-21(25)15-27(33)29-31-30-18-38-29/h3-15,18,26H,16-17H2,1-2H3. The molecule has 1 amide bonds. The minimum Gasteiger partial charge on any atom is -0.497 e. The number of methoxy groups -OCH3 is 2. The first-order chi connectivity index (χ1) is 18.6. The Hall–Kier alpha value is -4.92. The summed E-state index contributed by atoms with van der Waals surface area (Å²) in [5.74, 6) is 1.71. The number of aromatic nitrogens is 3. The Bertz CT molecular complexity index is 1610. The largest absolute Gasteiger partial charge is 0.497 e. The van der Waals surface area contributed by atoms with Gasteiger partial charge in [-0.05, 0) is 59.7 Å². The molecular weight excluding hydrogens is 482 g/mol. The van der Waals surface area contributed by atoms with E-state index < -0.39 is 0 Å². The second kappa shape index (κ2) is 9.85. The summed E-state index contributed by atoms with van der Waals surface area (Å²) in [5.41, 5.74) is 4.32. The van der Waals surface area contributed by atoms with Crippen LogP contribution >= 0.6 is 0 Å². The molecule has 0 saturated carbocycles. The van der Waals surface area contributed by atoms with Crippen molar-refractivity contribution in [2.45, 2.75) is 19.0 Å². The van der Waals surface area contributed by atoms with Gasteiger partial charge in [0.1, 0.15) is 23.7 Å². The first-order valence-electron chi connectivity index (χ1n) is 12.2. The van der Waals surface area contributed by atoms with E-state index in [1.165, 1.54) is 6.39 Å². The lowest BCUT2D eigenvalue weighted by molar-refractivity contribution is -0.133. The highest BCUT2D eigenvalue weighted by Gasteiger charge is 2.34. The molecule has 0 aliphatic carbocycles. The zero-order valence-corrected chi connectivity index (χ0v) is 20.9. The fourth-order valence-electron chi connectivity index (χ4n) is 4.83. The average Bonchev–Trinajstić information content (AvgIpc) is 3.72. The highest BCUT2D eigenvalue weighted by atomic mass is 16.5. The van der Waals surface area contributed by atoms with Gasteiger partial charge in [-0.15, -0.1) is 10.2 Å². The highest BCUT2D eigenvalue weighted by Crippen LogP contribution is 2.35. The van der Waals surface area contributed by atoms with Gasteiger partial charge in [-0.25, -0.2) is 5.01 Å². The SMILES string of the molecule is COc1ccc(C2=NN(C(=O)Cn3c(-c4nnco4)cc4ccccc43)C(c3ccc(OC)cc3)C2)cc1. The summed E-state index contributed by atoms with van der Waals surface area (Å²) < 4.78 is 18.0. The Morgan fingerprint density at radius 3 is 2.37 bits per heavy atom. The fourth-order valence-corrected chi connectivity index (χ4v) is 4.83. The molecule has 0 fully saturated rings. The van der Waals surface area contributed by atoms with Crippen LogP contribution in [-0.2, 0) is 11.3 Å². The molecule has 1 unspecified atom stereocenters. The number of hydrazone groups is 1. The lowest BCUT2D eigenvalue weighted by Crippen LogP contribution is -2.30. The van der Waals surface area contributed by atoms with Gasteiger partial charge in [-0.3, -0.25) is 4.79 Å². The Labute approximate surface area is 218 Å². The Morgan fingerprint density at radius 2 is 1.68 bits per heavy atom. The predicted molar refractivity (Wildman–Crippen MR) is 142 cm³/mol. The number of hydrogen-bond donors (Lipinski definition) is 0. The number of para-hydroxylation sites is 1. The molecular formula is C29H25N5O4. The molecule has 190 valence electrons. The zero-order valence-electron chi connectivity index (χ0n) is 20.9. The third kappa shape index (κ3) is 4.28. The van der Waals surface area contributed by atoms with Crippen molar-refractivity contribution in [2.75, 3.05) is 14.2 Å². The third-order valence-electron chi connectivity index (χ3n) is 6.77. The van der Waals surface area contributed by atoms with Crippen LogP contribution in [0, 0.1) is 0 Å². The smallest absolute Gasteiger partial charge is 0.264 e. The second-order valence-corrected chi connectivity index (χ2v) is 8.93. The molecule has 0 spiro atoms. The van der Waals surface area contributed by atoms with E-state index in [2.05, 4.69) is 10.2 Å². The number of benzene rings is 3. The summed E-state index contributed by atoms with van der Waals surface area (Å²) in [7, 11) is 3.27. The lowest BCUT2D eigenvalue weighted by atomic mass is 9.98. The molecule has 5 aromatic rings. The van der Waals surface area contributed by atoms with E-state index in [0.29, 0.717) is 18.0 Å². The number of fused-ring (bicyclic) bond motifs is 1. The van der Waals surface area contributed by atoms with Gasteiger partial charge in [-0.1, -0.05) is 30.3 Å². The molecule has 0 radical (unpaired) electrons. The molecule has 1 aliphatic heterocycles. The highest BCUT2D eigenvalue weighted by molar-refractivity contribution is 6.03. The number of rotatable bonds is 7. The number of amides is 1. The van der Waals surface area contributed by atoms with Gasteiger partial charge in [0, 0.05) is 17.3 Å². The molecule has 9 nitrogen and oxygen atoms in total. The average molecular weight is 508 g/mol. The Morgan fingerprint density at radius 1 is 0.974 bits per heavy atom. The van der Waals surface area contributed by atoms with Crippen LogP contribution < -0.4 is 9.47 Å². The van der Waals surface area contributed by atoms with Crippen LogP contribution in [0.5, 0.6) is 11.5 Å². The molecule has 1 atom stereocenters. The quantitative estimate of drug-likeness (QED) is 0.305. The molecule has 0 bridgehead atoms. The van der Waals surface area contributed by atoms with Gasteiger partial charge in [0.15, 0.2) is 0 Å². The van der Waals surface area contributed by atoms with Gasteiger partial charge in [0.2, 0.25) is 6.39 Å². The first-order valence-corrected chi connectivity index (χ1v) is 12.2. The molecule has 1 aliphatic rings. The molecule has 3 heterocycles. The number of carbonyl (C=O) groups excluding carboxylic acids is 1. The maximum Gasteiger partial charge on any atom is 0.264 e. The summed E-state index contributed by atoms with van der Waals surface area (Å²) in [6.07, 6.45) is 1.86. The van der Waals surface area contributed by atoms with E-state index in [1.54, 1.807) is 19.2 Å². The number of ether oxygens (including phenoxy) is 2. The van der Waals surface area contributed by atoms with Crippen LogP contribution in [0.15, 0.2) is 94.8 Å². The van der Waals surface area contributed by atoms with Crippen LogP contribution in [0.2, 0.25) is 0 Å². The van der Waals surface area contributed by atoms with Crippen molar-refractivity contribution in [1.29, 1.82) is 0 Å². The van der Waals surface area contributed by atoms with Gasteiger partial charge in [-0.2, -0.15) is 5.10 Å². The summed E-state index contributed by atoms with van der Waals surface area (Å²) in [6, 6.07) is 25.0. The Balaban J connectivity index is 1.38. The molecule has 0 saturated heterocycles. The summed E-state index contributed by atoms with van der Waals surface area (Å²) in [4.78, 5) is 13.9. The number of carbonyl (C=O) groups is 1. The summed E-state index contributed by atoms with van der Waals surface area (Å²) >= 11 is 0. The molecule has 6 rings (SSSR count). The molecule has 0 N–H and O–H groups in total. The van der Waals surface area contributed by atoms with E-state index in [0.717, 1.165) is 39.2 Å². The minimum atomic E-state index is -0.265. The third-order valence-corrected chi connectivity index (χ3v) is 6.77. The van der Waals surface area contributed by atoms with Crippen LogP contribution in [0.25, 0.3) is 22.5 Å². The lowest BCUT2D eigenvalue weighted by Gasteiger charge is -2.23. The number of hydrogen-bond acceptors (Lipinski definition) is 7. The zero-order chi connectivity index (χ0) is 26.1. The predicted octanol–water partition coefficient (Wildman–Crippen LogP) is 5.09. The minimum absolute atomic E-state index is 0.0529. The van der Waals surface area contributed by atoms with Gasteiger partial charge >= 0.3 is 0 Å². The van der Waals surface area contributed by atoms with Crippen LogP contribution in [0.4, 0.5) is 0 Å². The van der Waals surface area contributed by atoms with Gasteiger partial charge in [0.25, 0.3) is 11.8 Å². The van der Waals surface area contributed by atoms with Gasteiger partial charge in [0.05, 0.1) is 26.0 Å². The molecule has 9 heteroatoms. The first kappa shape index (κ1) is 23.5. The van der Waals surface area contributed by atoms with Crippen molar-refractivity contribution in [1.82, 2.24) is 19.8 Å². The van der Waals surface area contributed by atoms with Crippen molar-refractivity contribution in [3.8, 4) is 23.1 Å². The van der Waals surface area contributed by atoms with Gasteiger partial charge < -0.3 is 18.5 Å². The maximum absolute atomic E-state index is 13.9. The van der Waals surface area contributed by atoms with Crippen molar-refractivity contribution in [3.05, 3.63) is 96.4 Å². The topological polar surface area (TPSA) is 95.0 Å². The number of nitrogens with zero attached hydrogens (tertiary/aromatic N) is 5. The van der Waals surface area contributed by atoms with Crippen molar-refractivity contribution < 1.29 is 18.7 Å². The molecule has 3 aromatic carbocycles. The van der Waals surface area contributed by atoms with Crippen molar-refractivity contribution in [2.24, 2.45) is 5.10 Å².